The number of ether oxygens (including phenoxy) is 2. The Morgan fingerprint density at radius 1 is 1.17 bits per heavy atom. The number of carbonyl (C=O) groups excluding carboxylic acids is 1. The van der Waals surface area contributed by atoms with Crippen molar-refractivity contribution in [2.45, 2.75) is 49.7 Å². The third kappa shape index (κ3) is 6.42. The van der Waals surface area contributed by atoms with Gasteiger partial charge in [0.1, 0.15) is 30.8 Å². The molecule has 2 aromatic rings. The number of phosphoric ester groups is 2. The molecular weight excluding hydrogens is 532 g/mol. The number of aliphatic hydroxyl groups is 1. The summed E-state index contributed by atoms with van der Waals surface area (Å²) in [6, 6.07) is 0. The smallest absolute Gasteiger partial charge is 0.390 e. The number of aromatic amines is 1. The van der Waals surface area contributed by atoms with E-state index >= 15 is 0 Å². The number of fused-ring (bicyclic) bond motifs is 1. The van der Waals surface area contributed by atoms with Crippen molar-refractivity contribution < 1.29 is 56.8 Å². The zero-order valence-electron chi connectivity index (χ0n) is 18.2. The molecule has 1 amide bonds. The van der Waals surface area contributed by atoms with Crippen molar-refractivity contribution in [1.29, 1.82) is 0 Å². The largest absolute Gasteiger partial charge is 0.472 e. The molecule has 2 aliphatic heterocycles. The summed E-state index contributed by atoms with van der Waals surface area (Å²) in [6.45, 7) is -1.27. The first-order valence-corrected chi connectivity index (χ1v) is 13.4. The lowest BCUT2D eigenvalue weighted by Crippen LogP contribution is -2.30. The number of rotatable bonds is 11. The molecule has 4 heterocycles. The Hall–Kier alpha value is -2.08. The third-order valence-corrected chi connectivity index (χ3v) is 6.91. The van der Waals surface area contributed by atoms with Crippen LogP contribution in [0.3, 0.4) is 0 Å². The van der Waals surface area contributed by atoms with Crippen LogP contribution < -0.4 is 10.9 Å². The van der Waals surface area contributed by atoms with Gasteiger partial charge in [-0.05, 0) is 0 Å². The van der Waals surface area contributed by atoms with E-state index in [0.29, 0.717) is 6.41 Å². The normalized spacial score (nSPS) is 30.4. The van der Waals surface area contributed by atoms with E-state index in [9.17, 15) is 28.7 Å². The van der Waals surface area contributed by atoms with Crippen molar-refractivity contribution in [3.05, 3.63) is 23.0 Å². The molecule has 36 heavy (non-hydrogen) atoms. The summed E-state index contributed by atoms with van der Waals surface area (Å²) >= 11 is 0. The molecule has 2 fully saturated rings. The summed E-state index contributed by atoms with van der Waals surface area (Å²) in [5.41, 5.74) is -0.166. The average molecular weight is 555 g/mol. The van der Waals surface area contributed by atoms with Gasteiger partial charge in [0.25, 0.3) is 5.56 Å². The molecule has 2 unspecified atom stereocenters. The predicted molar refractivity (Wildman–Crippen MR) is 114 cm³/mol. The summed E-state index contributed by atoms with van der Waals surface area (Å²) in [6.07, 6.45) is -3.68. The molecule has 0 saturated carbocycles. The van der Waals surface area contributed by atoms with Crippen LogP contribution in [0.5, 0.6) is 0 Å². The van der Waals surface area contributed by atoms with Gasteiger partial charge in [-0.1, -0.05) is 0 Å². The van der Waals surface area contributed by atoms with Crippen molar-refractivity contribution in [3.63, 3.8) is 0 Å². The molecule has 20 heteroatoms. The summed E-state index contributed by atoms with van der Waals surface area (Å²) in [4.78, 5) is 60.9. The molecule has 0 bridgehead atoms. The standard InChI is InChI=1S/C16H23N5O13P2/c22-7-20-12-2-9(11(32-12)4-30-35(25,26)27)34-36(28,29)31-3-10-8(23)1-13(33-10)21-6-19-14-15(21)17-5-18-16(14)24/h5-13,23H,1-4H2,(H,20,22)(H,28,29)(H,17,18,24)(H2,25,26,27)/t8-,9-,10+,11+,12?,13+/m0/s1. The fourth-order valence-corrected chi connectivity index (χ4v) is 5.11. The number of amides is 1. The van der Waals surface area contributed by atoms with Gasteiger partial charge in [0, 0.05) is 12.8 Å². The maximum absolute atomic E-state index is 12.5. The number of nitrogens with one attached hydrogen (secondary N) is 2. The summed E-state index contributed by atoms with van der Waals surface area (Å²) in [5, 5.41) is 12.6. The van der Waals surface area contributed by atoms with E-state index in [1.54, 1.807) is 0 Å². The molecular formula is C16H23N5O13P2. The second-order valence-corrected chi connectivity index (χ2v) is 10.5. The van der Waals surface area contributed by atoms with Gasteiger partial charge in [0.05, 0.1) is 32.0 Å². The monoisotopic (exact) mass is 555 g/mol. The molecule has 18 nitrogen and oxygen atoms in total. The topological polar surface area (TPSA) is 254 Å². The lowest BCUT2D eigenvalue weighted by atomic mass is 10.2. The zero-order valence-corrected chi connectivity index (χ0v) is 20.0. The minimum atomic E-state index is -4.87. The van der Waals surface area contributed by atoms with E-state index in [-0.39, 0.29) is 24.0 Å². The zero-order chi connectivity index (χ0) is 26.1. The number of hydrogen-bond acceptors (Lipinski definition) is 12. The van der Waals surface area contributed by atoms with Gasteiger partial charge in [-0.15, -0.1) is 0 Å². The minimum Gasteiger partial charge on any atom is -0.390 e. The molecule has 4 rings (SSSR count). The van der Waals surface area contributed by atoms with Crippen molar-refractivity contribution in [2.24, 2.45) is 0 Å². The van der Waals surface area contributed by atoms with Gasteiger partial charge in [0.15, 0.2) is 11.2 Å². The molecule has 0 aliphatic carbocycles. The van der Waals surface area contributed by atoms with Crippen LogP contribution in [0.15, 0.2) is 17.4 Å². The van der Waals surface area contributed by atoms with E-state index in [1.165, 1.54) is 17.2 Å². The molecule has 0 radical (unpaired) electrons. The van der Waals surface area contributed by atoms with Crippen molar-refractivity contribution >= 4 is 33.2 Å². The number of phosphoric acid groups is 2. The Morgan fingerprint density at radius 3 is 2.64 bits per heavy atom. The number of aliphatic hydroxyl groups excluding tert-OH is 1. The van der Waals surface area contributed by atoms with Crippen LogP contribution in [0.2, 0.25) is 0 Å². The quantitative estimate of drug-likeness (QED) is 0.133. The van der Waals surface area contributed by atoms with Crippen LogP contribution in [-0.4, -0.2) is 89.6 Å². The van der Waals surface area contributed by atoms with E-state index in [2.05, 4.69) is 24.8 Å². The average Bonchev–Trinajstić information content (AvgIpc) is 3.48. The second-order valence-electron chi connectivity index (χ2n) is 7.87. The highest BCUT2D eigenvalue weighted by atomic mass is 31.2. The second kappa shape index (κ2) is 10.7. The number of H-pyrrole nitrogens is 1. The number of imidazole rings is 1. The first-order valence-electron chi connectivity index (χ1n) is 10.4. The molecule has 2 aliphatic rings. The Morgan fingerprint density at radius 2 is 1.92 bits per heavy atom. The van der Waals surface area contributed by atoms with Crippen LogP contribution in [0.4, 0.5) is 0 Å². The lowest BCUT2D eigenvalue weighted by Gasteiger charge is -2.22. The Kier molecular flexibility index (Phi) is 8.04. The van der Waals surface area contributed by atoms with Crippen LogP contribution in [0.1, 0.15) is 19.1 Å². The summed E-state index contributed by atoms with van der Waals surface area (Å²) < 4.78 is 50.4. The molecule has 2 saturated heterocycles. The van der Waals surface area contributed by atoms with Gasteiger partial charge in [-0.3, -0.25) is 27.7 Å². The van der Waals surface area contributed by atoms with Gasteiger partial charge in [-0.2, -0.15) is 0 Å². The first-order chi connectivity index (χ1) is 17.0. The fourth-order valence-electron chi connectivity index (χ4n) is 3.81. The van der Waals surface area contributed by atoms with Gasteiger partial charge >= 0.3 is 15.6 Å². The van der Waals surface area contributed by atoms with Crippen LogP contribution in [-0.2, 0) is 37.0 Å². The van der Waals surface area contributed by atoms with Gasteiger partial charge in [-0.25, -0.2) is 19.1 Å². The Bertz CT molecular complexity index is 1230. The first kappa shape index (κ1) is 27.0. The highest BCUT2D eigenvalue weighted by molar-refractivity contribution is 7.47. The fraction of sp³-hybridized carbons (Fsp3) is 0.625. The maximum Gasteiger partial charge on any atom is 0.472 e. The molecule has 0 aromatic carbocycles. The maximum atomic E-state index is 12.5. The van der Waals surface area contributed by atoms with E-state index < -0.39 is 71.3 Å². The van der Waals surface area contributed by atoms with Crippen LogP contribution in [0.25, 0.3) is 11.2 Å². The van der Waals surface area contributed by atoms with Crippen molar-refractivity contribution in [1.82, 2.24) is 24.8 Å². The Balaban J connectivity index is 1.36. The number of aromatic nitrogens is 4. The van der Waals surface area contributed by atoms with E-state index in [1.807, 2.05) is 0 Å². The third-order valence-electron chi connectivity index (χ3n) is 5.41. The van der Waals surface area contributed by atoms with Crippen molar-refractivity contribution in [2.75, 3.05) is 13.2 Å². The SMILES string of the molecule is O=CNC1C[C@H](OP(=O)(O)OC[C@H]2O[C@@H](n3cnc4c(=O)[nH]cnc43)C[C@@H]2O)[C@@H](COP(=O)(O)O)O1. The number of carbonyl (C=O) groups is 1. The summed E-state index contributed by atoms with van der Waals surface area (Å²) in [5.74, 6) is 0. The summed E-state index contributed by atoms with van der Waals surface area (Å²) in [7, 11) is -9.68. The molecule has 7 atom stereocenters. The lowest BCUT2D eigenvalue weighted by molar-refractivity contribution is -0.114. The number of nitrogens with zero attached hydrogens (tertiary/aromatic N) is 3. The molecule has 6 N–H and O–H groups in total. The van der Waals surface area contributed by atoms with E-state index in [4.69, 9.17) is 28.3 Å². The molecule has 0 spiro atoms. The van der Waals surface area contributed by atoms with Gasteiger partial charge in [0.2, 0.25) is 6.41 Å². The van der Waals surface area contributed by atoms with Crippen LogP contribution >= 0.6 is 15.6 Å². The predicted octanol–water partition coefficient (Wildman–Crippen LogP) is -1.76. The minimum absolute atomic E-state index is 0.0435. The van der Waals surface area contributed by atoms with Crippen LogP contribution in [0, 0.1) is 0 Å². The number of hydrogen-bond donors (Lipinski definition) is 6. The Labute approximate surface area is 201 Å². The molecule has 2 aromatic heterocycles. The highest BCUT2D eigenvalue weighted by Crippen LogP contribution is 2.48. The van der Waals surface area contributed by atoms with E-state index in [0.717, 1.165) is 0 Å². The van der Waals surface area contributed by atoms with Crippen molar-refractivity contribution in [3.8, 4) is 0 Å². The highest BCUT2D eigenvalue weighted by Gasteiger charge is 2.43. The molecule has 200 valence electrons. The van der Waals surface area contributed by atoms with Gasteiger partial charge < -0.3 is 39.6 Å².